The molecule has 0 spiro atoms. The predicted molar refractivity (Wildman–Crippen MR) is 83.3 cm³/mol. The molecule has 4 heteroatoms. The topological polar surface area (TPSA) is 41.5 Å². The number of aryl methyl sites for hydroxylation is 1. The molecular weight excluding hydrogens is 270 g/mol. The molecule has 0 aliphatic carbocycles. The molecule has 0 saturated carbocycles. The van der Waals surface area contributed by atoms with E-state index in [9.17, 15) is 5.11 Å². The normalized spacial score (nSPS) is 12.3. The molecule has 2 rings (SSSR count). The first-order chi connectivity index (χ1) is 9.78. The summed E-state index contributed by atoms with van der Waals surface area (Å²) < 4.78 is 5.57. The molecule has 0 saturated heterocycles. The first-order valence-corrected chi connectivity index (χ1v) is 7.79. The second kappa shape index (κ2) is 8.04. The van der Waals surface area contributed by atoms with Crippen LogP contribution in [0.4, 0.5) is 0 Å². The van der Waals surface area contributed by atoms with Gasteiger partial charge >= 0.3 is 0 Å². The number of nitrogens with one attached hydrogen (secondary N) is 1. The Bertz CT molecular complexity index is 482. The van der Waals surface area contributed by atoms with E-state index in [4.69, 9.17) is 4.74 Å². The van der Waals surface area contributed by atoms with Gasteiger partial charge in [-0.1, -0.05) is 25.1 Å². The van der Waals surface area contributed by atoms with Crippen molar-refractivity contribution in [2.45, 2.75) is 26.0 Å². The zero-order valence-electron chi connectivity index (χ0n) is 11.7. The third kappa shape index (κ3) is 4.96. The molecule has 2 N–H and O–H groups in total. The van der Waals surface area contributed by atoms with Gasteiger partial charge in [-0.3, -0.25) is 0 Å². The van der Waals surface area contributed by atoms with Crippen molar-refractivity contribution in [1.82, 2.24) is 5.32 Å². The molecule has 0 bridgehead atoms. The summed E-state index contributed by atoms with van der Waals surface area (Å²) in [7, 11) is 0. The number of benzene rings is 1. The van der Waals surface area contributed by atoms with Crippen LogP contribution in [-0.4, -0.2) is 24.4 Å². The zero-order valence-corrected chi connectivity index (χ0v) is 12.5. The fourth-order valence-corrected chi connectivity index (χ4v) is 2.52. The number of hydrogen-bond acceptors (Lipinski definition) is 4. The smallest absolute Gasteiger partial charge is 0.119 e. The molecule has 0 aliphatic heterocycles. The van der Waals surface area contributed by atoms with Gasteiger partial charge in [-0.05, 0) is 35.6 Å². The summed E-state index contributed by atoms with van der Waals surface area (Å²) in [5, 5.41) is 15.1. The first kappa shape index (κ1) is 15.0. The average molecular weight is 291 g/mol. The van der Waals surface area contributed by atoms with Gasteiger partial charge in [0.05, 0.1) is 0 Å². The average Bonchev–Trinajstić information content (AvgIpc) is 2.99. The number of aliphatic hydroxyl groups is 1. The van der Waals surface area contributed by atoms with E-state index in [1.807, 2.05) is 18.2 Å². The van der Waals surface area contributed by atoms with Crippen LogP contribution < -0.4 is 10.1 Å². The molecule has 0 fully saturated rings. The summed E-state index contributed by atoms with van der Waals surface area (Å²) in [6.45, 7) is 3.76. The van der Waals surface area contributed by atoms with Crippen LogP contribution >= 0.6 is 11.3 Å². The van der Waals surface area contributed by atoms with E-state index in [1.165, 1.54) is 10.4 Å². The van der Waals surface area contributed by atoms with Gasteiger partial charge in [-0.25, -0.2) is 0 Å². The molecule has 1 aromatic heterocycles. The summed E-state index contributed by atoms with van der Waals surface area (Å²) in [5.41, 5.74) is 1.29. The fourth-order valence-electron chi connectivity index (χ4n) is 1.85. The van der Waals surface area contributed by atoms with Crippen LogP contribution in [0.1, 0.15) is 17.4 Å². The molecule has 2 aromatic rings. The number of rotatable bonds is 8. The predicted octanol–water partition coefficient (Wildman–Crippen LogP) is 2.84. The molecule has 0 amide bonds. The summed E-state index contributed by atoms with van der Waals surface area (Å²) in [6.07, 6.45) is 0.524. The maximum Gasteiger partial charge on any atom is 0.119 e. The third-order valence-electron chi connectivity index (χ3n) is 3.03. The maximum absolute atomic E-state index is 9.86. The van der Waals surface area contributed by atoms with Gasteiger partial charge in [-0.15, -0.1) is 11.3 Å². The lowest BCUT2D eigenvalue weighted by Crippen LogP contribution is -2.30. The molecule has 20 heavy (non-hydrogen) atoms. The maximum atomic E-state index is 9.86. The van der Waals surface area contributed by atoms with Gasteiger partial charge in [0.1, 0.15) is 18.5 Å². The van der Waals surface area contributed by atoms with Crippen molar-refractivity contribution in [2.75, 3.05) is 13.2 Å². The minimum absolute atomic E-state index is 0.308. The van der Waals surface area contributed by atoms with Crippen molar-refractivity contribution in [1.29, 1.82) is 0 Å². The van der Waals surface area contributed by atoms with E-state index < -0.39 is 6.10 Å². The van der Waals surface area contributed by atoms with Crippen LogP contribution in [0.3, 0.4) is 0 Å². The Labute approximate surface area is 124 Å². The van der Waals surface area contributed by atoms with E-state index in [1.54, 1.807) is 11.3 Å². The number of thiophene rings is 1. The summed E-state index contributed by atoms with van der Waals surface area (Å²) in [6, 6.07) is 12.1. The van der Waals surface area contributed by atoms with Gasteiger partial charge in [0, 0.05) is 18.0 Å². The van der Waals surface area contributed by atoms with Crippen molar-refractivity contribution < 1.29 is 9.84 Å². The molecule has 108 valence electrons. The molecule has 3 nitrogen and oxygen atoms in total. The lowest BCUT2D eigenvalue weighted by Gasteiger charge is -2.13. The SMILES string of the molecule is CCc1ccc(OCC(O)CNCc2cccs2)cc1. The van der Waals surface area contributed by atoms with Crippen molar-refractivity contribution in [3.8, 4) is 5.75 Å². The highest BCUT2D eigenvalue weighted by Gasteiger charge is 2.05. The Kier molecular flexibility index (Phi) is 6.05. The minimum atomic E-state index is -0.499. The fraction of sp³-hybridized carbons (Fsp3) is 0.375. The number of aliphatic hydroxyl groups excluding tert-OH is 1. The summed E-state index contributed by atoms with van der Waals surface area (Å²) >= 11 is 1.71. The van der Waals surface area contributed by atoms with Gasteiger partial charge < -0.3 is 15.2 Å². The van der Waals surface area contributed by atoms with E-state index in [0.29, 0.717) is 13.2 Å². The van der Waals surface area contributed by atoms with Crippen LogP contribution in [0.2, 0.25) is 0 Å². The molecule has 1 heterocycles. The van der Waals surface area contributed by atoms with Crippen molar-refractivity contribution in [3.05, 3.63) is 52.2 Å². The first-order valence-electron chi connectivity index (χ1n) is 6.91. The molecular formula is C16H21NO2S. The Morgan fingerprint density at radius 2 is 2.05 bits per heavy atom. The molecule has 0 aliphatic rings. The number of ether oxygens (including phenoxy) is 1. The van der Waals surface area contributed by atoms with E-state index in [0.717, 1.165) is 18.7 Å². The van der Waals surface area contributed by atoms with Crippen molar-refractivity contribution in [3.63, 3.8) is 0 Å². The lowest BCUT2D eigenvalue weighted by molar-refractivity contribution is 0.106. The highest BCUT2D eigenvalue weighted by molar-refractivity contribution is 7.09. The summed E-state index contributed by atoms with van der Waals surface area (Å²) in [5.74, 6) is 0.805. The molecule has 1 atom stereocenters. The second-order valence-electron chi connectivity index (χ2n) is 4.67. The van der Waals surface area contributed by atoms with Gasteiger partial charge in [-0.2, -0.15) is 0 Å². The van der Waals surface area contributed by atoms with Gasteiger partial charge in [0.15, 0.2) is 0 Å². The van der Waals surface area contributed by atoms with Gasteiger partial charge in [0.25, 0.3) is 0 Å². The third-order valence-corrected chi connectivity index (χ3v) is 3.91. The number of hydrogen-bond donors (Lipinski definition) is 2. The van der Waals surface area contributed by atoms with Gasteiger partial charge in [0.2, 0.25) is 0 Å². The van der Waals surface area contributed by atoms with Crippen molar-refractivity contribution in [2.24, 2.45) is 0 Å². The molecule has 1 unspecified atom stereocenters. The largest absolute Gasteiger partial charge is 0.491 e. The Hall–Kier alpha value is -1.36. The monoisotopic (exact) mass is 291 g/mol. The summed E-state index contributed by atoms with van der Waals surface area (Å²) in [4.78, 5) is 1.27. The van der Waals surface area contributed by atoms with E-state index in [2.05, 4.69) is 35.8 Å². The standard InChI is InChI=1S/C16H21NO2S/c1-2-13-5-7-15(8-6-13)19-12-14(18)10-17-11-16-4-3-9-20-16/h3-9,14,17-18H,2,10-12H2,1H3. The Morgan fingerprint density at radius 1 is 1.25 bits per heavy atom. The second-order valence-corrected chi connectivity index (χ2v) is 5.70. The van der Waals surface area contributed by atoms with Crippen LogP contribution in [0.25, 0.3) is 0 Å². The lowest BCUT2D eigenvalue weighted by atomic mass is 10.2. The molecule has 0 radical (unpaired) electrons. The van der Waals surface area contributed by atoms with E-state index >= 15 is 0 Å². The minimum Gasteiger partial charge on any atom is -0.491 e. The Balaban J connectivity index is 1.65. The molecule has 1 aromatic carbocycles. The van der Waals surface area contributed by atoms with Crippen LogP contribution in [-0.2, 0) is 13.0 Å². The van der Waals surface area contributed by atoms with Crippen LogP contribution in [0.15, 0.2) is 41.8 Å². The Morgan fingerprint density at radius 3 is 2.70 bits per heavy atom. The van der Waals surface area contributed by atoms with Crippen LogP contribution in [0, 0.1) is 0 Å². The van der Waals surface area contributed by atoms with Crippen LogP contribution in [0.5, 0.6) is 5.75 Å². The highest BCUT2D eigenvalue weighted by atomic mass is 32.1. The quantitative estimate of drug-likeness (QED) is 0.786. The zero-order chi connectivity index (χ0) is 14.2. The highest BCUT2D eigenvalue weighted by Crippen LogP contribution is 2.12. The van der Waals surface area contributed by atoms with Crippen molar-refractivity contribution >= 4 is 11.3 Å². The van der Waals surface area contributed by atoms with E-state index in [-0.39, 0.29) is 0 Å².